The average Bonchev–Trinajstić information content (AvgIpc) is 2.64. The van der Waals surface area contributed by atoms with Crippen LogP contribution in [0.3, 0.4) is 0 Å². The number of nitrogens with two attached hydrogens (primary N) is 2. The van der Waals surface area contributed by atoms with Crippen molar-refractivity contribution in [1.29, 1.82) is 0 Å². The van der Waals surface area contributed by atoms with E-state index in [4.69, 9.17) is 21.1 Å². The van der Waals surface area contributed by atoms with Gasteiger partial charge in [-0.05, 0) is 30.1 Å². The van der Waals surface area contributed by atoms with E-state index in [9.17, 15) is 14.7 Å². The van der Waals surface area contributed by atoms with Gasteiger partial charge in [0.25, 0.3) is 11.8 Å². The zero-order chi connectivity index (χ0) is 19.0. The molecule has 1 unspecified atom stereocenters. The highest BCUT2D eigenvalue weighted by molar-refractivity contribution is 7.99. The van der Waals surface area contributed by atoms with Gasteiger partial charge in [0.2, 0.25) is 0 Å². The van der Waals surface area contributed by atoms with Crippen molar-refractivity contribution in [1.82, 2.24) is 5.01 Å². The van der Waals surface area contributed by atoms with E-state index in [2.05, 4.69) is 0 Å². The summed E-state index contributed by atoms with van der Waals surface area (Å²) < 4.78 is 10.2. The van der Waals surface area contributed by atoms with Crippen LogP contribution >= 0.6 is 11.8 Å². The Morgan fingerprint density at radius 2 is 1.80 bits per heavy atom. The highest BCUT2D eigenvalue weighted by Crippen LogP contribution is 2.23. The Labute approximate surface area is 151 Å². The Morgan fingerprint density at radius 1 is 1.24 bits per heavy atom. The molecule has 25 heavy (non-hydrogen) atoms. The number of imide groups is 1. The maximum absolute atomic E-state index is 12.4. The summed E-state index contributed by atoms with van der Waals surface area (Å²) in [4.78, 5) is 24.6. The van der Waals surface area contributed by atoms with Gasteiger partial charge in [0.05, 0.1) is 14.2 Å². The number of aliphatic hydroxyl groups excluding tert-OH is 1. The van der Waals surface area contributed by atoms with Gasteiger partial charge < -0.3 is 20.3 Å². The van der Waals surface area contributed by atoms with E-state index in [1.54, 1.807) is 17.8 Å². The Kier molecular flexibility index (Phi) is 8.70. The molecule has 140 valence electrons. The normalized spacial score (nSPS) is 13.0. The van der Waals surface area contributed by atoms with Crippen molar-refractivity contribution in [3.8, 4) is 11.5 Å². The number of hydrogen-bond acceptors (Lipinski definition) is 8. The van der Waals surface area contributed by atoms with E-state index in [1.165, 1.54) is 26.4 Å². The molecule has 0 aromatic heterocycles. The molecule has 0 fully saturated rings. The Hall–Kier alpha value is -1.81. The summed E-state index contributed by atoms with van der Waals surface area (Å²) in [6.07, 6.45) is -1.13. The molecule has 0 aliphatic carbocycles. The monoisotopic (exact) mass is 371 g/mol. The van der Waals surface area contributed by atoms with E-state index < -0.39 is 24.0 Å². The second-order valence-electron chi connectivity index (χ2n) is 5.21. The number of thioether (sulfide) groups is 1. The number of hydrazine groups is 1. The third kappa shape index (κ3) is 5.89. The number of ether oxygens (including phenoxy) is 2. The Bertz CT molecular complexity index is 577. The lowest BCUT2D eigenvalue weighted by Crippen LogP contribution is -2.53. The number of amides is 2. The first-order valence-electron chi connectivity index (χ1n) is 7.73. The molecule has 2 atom stereocenters. The number of hydrogen-bond donors (Lipinski definition) is 3. The molecule has 0 aliphatic rings. The molecule has 0 heterocycles. The van der Waals surface area contributed by atoms with Gasteiger partial charge in [0.15, 0.2) is 0 Å². The maximum Gasteiger partial charge on any atom is 0.275 e. The SMILES string of the molecule is CCSCC[C@@H](N)C(O)C(=O)N(N)C(=O)c1cc(OC)cc(OC)c1. The van der Waals surface area contributed by atoms with Crippen molar-refractivity contribution < 1.29 is 24.2 Å². The first-order valence-corrected chi connectivity index (χ1v) is 8.88. The minimum absolute atomic E-state index is 0.0920. The first-order chi connectivity index (χ1) is 11.8. The minimum Gasteiger partial charge on any atom is -0.497 e. The zero-order valence-corrected chi connectivity index (χ0v) is 15.4. The molecule has 1 aromatic carbocycles. The molecule has 8 nitrogen and oxygen atoms in total. The van der Waals surface area contributed by atoms with Crippen LogP contribution in [0.4, 0.5) is 0 Å². The van der Waals surface area contributed by atoms with Crippen LogP contribution in [-0.2, 0) is 4.79 Å². The van der Waals surface area contributed by atoms with Crippen molar-refractivity contribution in [2.24, 2.45) is 11.6 Å². The number of rotatable bonds is 9. The molecule has 0 spiro atoms. The van der Waals surface area contributed by atoms with Gasteiger partial charge in [0.1, 0.15) is 17.6 Å². The first kappa shape index (κ1) is 21.2. The van der Waals surface area contributed by atoms with Gasteiger partial charge in [0, 0.05) is 17.7 Å². The summed E-state index contributed by atoms with van der Waals surface area (Å²) >= 11 is 1.64. The predicted molar refractivity (Wildman–Crippen MR) is 96.5 cm³/mol. The standard InChI is InChI=1S/C16H25N3O5S/c1-4-25-6-5-13(17)14(20)16(22)19(18)15(21)10-7-11(23-2)9-12(8-10)24-3/h7-9,13-14,20H,4-6,17-18H2,1-3H3/t13-,14?/m1/s1. The van der Waals surface area contributed by atoms with Crippen LogP contribution in [0.15, 0.2) is 18.2 Å². The second kappa shape index (κ2) is 10.2. The summed E-state index contributed by atoms with van der Waals surface area (Å²) in [5.74, 6) is 6.21. The zero-order valence-electron chi connectivity index (χ0n) is 14.6. The van der Waals surface area contributed by atoms with Crippen molar-refractivity contribution in [2.45, 2.75) is 25.5 Å². The Morgan fingerprint density at radius 3 is 2.28 bits per heavy atom. The van der Waals surface area contributed by atoms with E-state index in [0.29, 0.717) is 28.7 Å². The van der Waals surface area contributed by atoms with Crippen molar-refractivity contribution in [3.05, 3.63) is 23.8 Å². The number of benzene rings is 1. The molecule has 0 aliphatic heterocycles. The number of carbonyl (C=O) groups is 2. The molecule has 1 aromatic rings. The summed E-state index contributed by atoms with van der Waals surface area (Å²) in [7, 11) is 2.87. The van der Waals surface area contributed by atoms with Crippen molar-refractivity contribution in [3.63, 3.8) is 0 Å². The van der Waals surface area contributed by atoms with Crippen LogP contribution in [0, 0.1) is 0 Å². The van der Waals surface area contributed by atoms with Crippen LogP contribution in [0.2, 0.25) is 0 Å². The van der Waals surface area contributed by atoms with E-state index in [1.807, 2.05) is 6.92 Å². The van der Waals surface area contributed by atoms with E-state index in [0.717, 1.165) is 5.75 Å². The molecule has 0 saturated carbocycles. The fraction of sp³-hybridized carbons (Fsp3) is 0.500. The third-order valence-corrected chi connectivity index (χ3v) is 4.45. The minimum atomic E-state index is -1.56. The van der Waals surface area contributed by atoms with E-state index in [-0.39, 0.29) is 5.56 Å². The summed E-state index contributed by atoms with van der Waals surface area (Å²) in [5, 5.41) is 10.4. The molecule has 0 radical (unpaired) electrons. The predicted octanol–water partition coefficient (Wildman–Crippen LogP) is 0.378. The van der Waals surface area contributed by atoms with Gasteiger partial charge in [-0.15, -0.1) is 0 Å². The van der Waals surface area contributed by atoms with Gasteiger partial charge >= 0.3 is 0 Å². The fourth-order valence-electron chi connectivity index (χ4n) is 2.02. The van der Waals surface area contributed by atoms with E-state index >= 15 is 0 Å². The molecule has 9 heteroatoms. The van der Waals surface area contributed by atoms with Gasteiger partial charge in [-0.1, -0.05) is 6.92 Å². The van der Waals surface area contributed by atoms with Gasteiger partial charge in [-0.3, -0.25) is 9.59 Å². The third-order valence-electron chi connectivity index (χ3n) is 3.51. The number of aliphatic hydroxyl groups is 1. The smallest absolute Gasteiger partial charge is 0.275 e. The Balaban J connectivity index is 2.85. The van der Waals surface area contributed by atoms with Crippen LogP contribution in [0.1, 0.15) is 23.7 Å². The fourth-order valence-corrected chi connectivity index (χ4v) is 2.74. The molecule has 1 rings (SSSR count). The van der Waals surface area contributed by atoms with Gasteiger partial charge in [-0.2, -0.15) is 11.8 Å². The largest absolute Gasteiger partial charge is 0.497 e. The highest BCUT2D eigenvalue weighted by atomic mass is 32.2. The molecule has 0 bridgehead atoms. The number of methoxy groups -OCH3 is 2. The van der Waals surface area contributed by atoms with Crippen LogP contribution < -0.4 is 21.1 Å². The summed E-state index contributed by atoms with van der Waals surface area (Å²) in [6.45, 7) is 2.00. The lowest BCUT2D eigenvalue weighted by Gasteiger charge is -2.22. The average molecular weight is 371 g/mol. The molecular weight excluding hydrogens is 346 g/mol. The second-order valence-corrected chi connectivity index (χ2v) is 6.60. The molecular formula is C16H25N3O5S. The van der Waals surface area contributed by atoms with Crippen molar-refractivity contribution >= 4 is 23.6 Å². The number of nitrogens with zero attached hydrogens (tertiary/aromatic N) is 1. The molecule has 5 N–H and O–H groups in total. The topological polar surface area (TPSA) is 128 Å². The van der Waals surface area contributed by atoms with Crippen LogP contribution in [0.25, 0.3) is 0 Å². The molecule has 2 amide bonds. The highest BCUT2D eigenvalue weighted by Gasteiger charge is 2.30. The van der Waals surface area contributed by atoms with Crippen LogP contribution in [-0.4, -0.2) is 59.8 Å². The summed E-state index contributed by atoms with van der Waals surface area (Å²) in [6, 6.07) is 3.62. The number of carbonyl (C=O) groups excluding carboxylic acids is 2. The summed E-state index contributed by atoms with van der Waals surface area (Å²) in [5.41, 5.74) is 5.90. The lowest BCUT2D eigenvalue weighted by atomic mass is 10.1. The quantitative estimate of drug-likeness (QED) is 0.246. The van der Waals surface area contributed by atoms with Crippen LogP contribution in [0.5, 0.6) is 11.5 Å². The van der Waals surface area contributed by atoms with Crippen molar-refractivity contribution in [2.75, 3.05) is 25.7 Å². The lowest BCUT2D eigenvalue weighted by molar-refractivity contribution is -0.138. The molecule has 0 saturated heterocycles. The maximum atomic E-state index is 12.4. The van der Waals surface area contributed by atoms with Gasteiger partial charge in [-0.25, -0.2) is 10.9 Å².